The lowest BCUT2D eigenvalue weighted by molar-refractivity contribution is -0.137. The minimum Gasteiger partial charge on any atom is -0.480 e. The van der Waals surface area contributed by atoms with Crippen molar-refractivity contribution in [1.82, 2.24) is 10.2 Å². The van der Waals surface area contributed by atoms with Gasteiger partial charge in [-0.2, -0.15) is 0 Å². The molecule has 1 aliphatic rings. The van der Waals surface area contributed by atoms with Gasteiger partial charge in [-0.05, 0) is 12.8 Å². The van der Waals surface area contributed by atoms with E-state index in [1.165, 1.54) is 23.8 Å². The zero-order valence-corrected chi connectivity index (χ0v) is 11.1. The SMILES string of the molecule is C=CCN(CC(=O)O)C(=O)NCCOC1CCCC1. The molecule has 1 fully saturated rings. The van der Waals surface area contributed by atoms with Crippen LogP contribution in [-0.4, -0.2) is 54.4 Å². The molecular formula is C13H22N2O4. The minimum atomic E-state index is -1.04. The highest BCUT2D eigenvalue weighted by atomic mass is 16.5. The Hall–Kier alpha value is -1.56. The van der Waals surface area contributed by atoms with Gasteiger partial charge in [0.25, 0.3) is 0 Å². The Kier molecular flexibility index (Phi) is 6.95. The second-order valence-corrected chi connectivity index (χ2v) is 4.57. The number of nitrogens with zero attached hydrogens (tertiary/aromatic N) is 1. The molecule has 0 heterocycles. The summed E-state index contributed by atoms with van der Waals surface area (Å²) in [6.45, 7) is 4.23. The number of carbonyl (C=O) groups excluding carboxylic acids is 1. The fourth-order valence-corrected chi connectivity index (χ4v) is 2.09. The third-order valence-corrected chi connectivity index (χ3v) is 3.00. The van der Waals surface area contributed by atoms with E-state index < -0.39 is 12.0 Å². The van der Waals surface area contributed by atoms with Gasteiger partial charge in [-0.25, -0.2) is 4.79 Å². The Balaban J connectivity index is 2.19. The van der Waals surface area contributed by atoms with Crippen molar-refractivity contribution in [2.75, 3.05) is 26.2 Å². The molecule has 0 aromatic heterocycles. The lowest BCUT2D eigenvalue weighted by atomic mass is 10.3. The molecule has 0 bridgehead atoms. The zero-order chi connectivity index (χ0) is 14.1. The number of aliphatic carboxylic acids is 1. The van der Waals surface area contributed by atoms with Crippen LogP contribution in [-0.2, 0) is 9.53 Å². The first-order valence-corrected chi connectivity index (χ1v) is 6.60. The average molecular weight is 270 g/mol. The largest absolute Gasteiger partial charge is 0.480 e. The lowest BCUT2D eigenvalue weighted by Crippen LogP contribution is -2.43. The molecule has 2 N–H and O–H groups in total. The summed E-state index contributed by atoms with van der Waals surface area (Å²) in [6.07, 6.45) is 6.42. The van der Waals surface area contributed by atoms with Crippen molar-refractivity contribution in [3.05, 3.63) is 12.7 Å². The highest BCUT2D eigenvalue weighted by molar-refractivity contribution is 5.80. The van der Waals surface area contributed by atoms with Crippen molar-refractivity contribution in [3.63, 3.8) is 0 Å². The number of hydrogen-bond donors (Lipinski definition) is 2. The Morgan fingerprint density at radius 1 is 1.42 bits per heavy atom. The molecule has 1 rings (SSSR count). The van der Waals surface area contributed by atoms with Crippen LogP contribution in [0.25, 0.3) is 0 Å². The van der Waals surface area contributed by atoms with E-state index in [0.29, 0.717) is 19.3 Å². The molecule has 0 aromatic rings. The molecule has 0 aromatic carbocycles. The van der Waals surface area contributed by atoms with Crippen LogP contribution in [0, 0.1) is 0 Å². The monoisotopic (exact) mass is 270 g/mol. The third kappa shape index (κ3) is 6.24. The van der Waals surface area contributed by atoms with Crippen molar-refractivity contribution in [2.24, 2.45) is 0 Å². The number of carboxylic acid groups (broad SMARTS) is 1. The Morgan fingerprint density at radius 2 is 2.11 bits per heavy atom. The number of carboxylic acids is 1. The molecule has 6 nitrogen and oxygen atoms in total. The van der Waals surface area contributed by atoms with Gasteiger partial charge in [-0.3, -0.25) is 4.79 Å². The number of ether oxygens (including phenoxy) is 1. The van der Waals surface area contributed by atoms with Gasteiger partial charge in [0.1, 0.15) is 6.54 Å². The summed E-state index contributed by atoms with van der Waals surface area (Å²) < 4.78 is 5.60. The van der Waals surface area contributed by atoms with Gasteiger partial charge >= 0.3 is 12.0 Å². The maximum absolute atomic E-state index is 11.7. The van der Waals surface area contributed by atoms with Crippen molar-refractivity contribution in [1.29, 1.82) is 0 Å². The fourth-order valence-electron chi connectivity index (χ4n) is 2.09. The molecule has 6 heteroatoms. The first-order valence-electron chi connectivity index (χ1n) is 6.60. The lowest BCUT2D eigenvalue weighted by Gasteiger charge is -2.19. The molecule has 1 saturated carbocycles. The molecule has 0 spiro atoms. The van der Waals surface area contributed by atoms with Gasteiger partial charge in [0.2, 0.25) is 0 Å². The third-order valence-electron chi connectivity index (χ3n) is 3.00. The molecule has 0 unspecified atom stereocenters. The summed E-state index contributed by atoms with van der Waals surface area (Å²) in [6, 6.07) is -0.405. The number of carbonyl (C=O) groups is 2. The number of rotatable bonds is 8. The summed E-state index contributed by atoms with van der Waals surface area (Å²) in [4.78, 5) is 23.5. The van der Waals surface area contributed by atoms with E-state index in [0.717, 1.165) is 12.8 Å². The van der Waals surface area contributed by atoms with E-state index in [2.05, 4.69) is 11.9 Å². The zero-order valence-electron chi connectivity index (χ0n) is 11.1. The van der Waals surface area contributed by atoms with Gasteiger partial charge < -0.3 is 20.1 Å². The van der Waals surface area contributed by atoms with Crippen LogP contribution in [0.3, 0.4) is 0 Å². The molecular weight excluding hydrogens is 248 g/mol. The van der Waals surface area contributed by atoms with Crippen molar-refractivity contribution >= 4 is 12.0 Å². The second kappa shape index (κ2) is 8.53. The smallest absolute Gasteiger partial charge is 0.323 e. The summed E-state index contributed by atoms with van der Waals surface area (Å²) in [5.74, 6) is -1.04. The quantitative estimate of drug-likeness (QED) is 0.513. The first-order chi connectivity index (χ1) is 9.13. The van der Waals surface area contributed by atoms with Crippen molar-refractivity contribution in [2.45, 2.75) is 31.8 Å². The molecule has 0 saturated heterocycles. The maximum atomic E-state index is 11.7. The minimum absolute atomic E-state index is 0.210. The highest BCUT2D eigenvalue weighted by Crippen LogP contribution is 2.20. The number of amides is 2. The van der Waals surface area contributed by atoms with Crippen LogP contribution < -0.4 is 5.32 Å². The fraction of sp³-hybridized carbons (Fsp3) is 0.692. The number of nitrogens with one attached hydrogen (secondary N) is 1. The van der Waals surface area contributed by atoms with E-state index >= 15 is 0 Å². The Labute approximate surface area is 113 Å². The predicted molar refractivity (Wildman–Crippen MR) is 71.0 cm³/mol. The van der Waals surface area contributed by atoms with Gasteiger partial charge in [-0.1, -0.05) is 18.9 Å². The molecule has 1 aliphatic carbocycles. The molecule has 0 aliphatic heterocycles. The summed E-state index contributed by atoms with van der Waals surface area (Å²) in [5, 5.41) is 11.3. The standard InChI is InChI=1S/C13H22N2O4/c1-2-8-15(10-12(16)17)13(18)14-7-9-19-11-5-3-4-6-11/h2,11H,1,3-10H2,(H,14,18)(H,16,17). The van der Waals surface area contributed by atoms with Gasteiger partial charge in [0, 0.05) is 13.1 Å². The average Bonchev–Trinajstić information content (AvgIpc) is 2.86. The van der Waals surface area contributed by atoms with Crippen LogP contribution in [0.5, 0.6) is 0 Å². The maximum Gasteiger partial charge on any atom is 0.323 e. The number of hydrogen-bond acceptors (Lipinski definition) is 3. The first kappa shape index (κ1) is 15.5. The predicted octanol–water partition coefficient (Wildman–Crippen LogP) is 1.23. The van der Waals surface area contributed by atoms with Crippen LogP contribution >= 0.6 is 0 Å². The molecule has 0 atom stereocenters. The normalized spacial score (nSPS) is 15.2. The van der Waals surface area contributed by atoms with Crippen molar-refractivity contribution in [3.8, 4) is 0 Å². The molecule has 0 radical (unpaired) electrons. The van der Waals surface area contributed by atoms with Crippen LogP contribution in [0.2, 0.25) is 0 Å². The summed E-state index contributed by atoms with van der Waals surface area (Å²) in [5.41, 5.74) is 0. The van der Waals surface area contributed by atoms with Gasteiger partial charge in [-0.15, -0.1) is 6.58 Å². The van der Waals surface area contributed by atoms with E-state index in [1.807, 2.05) is 0 Å². The number of urea groups is 1. The molecule has 19 heavy (non-hydrogen) atoms. The van der Waals surface area contributed by atoms with E-state index in [9.17, 15) is 9.59 Å². The van der Waals surface area contributed by atoms with Crippen LogP contribution in [0.1, 0.15) is 25.7 Å². The molecule has 2 amide bonds. The Morgan fingerprint density at radius 3 is 2.68 bits per heavy atom. The summed E-state index contributed by atoms with van der Waals surface area (Å²) in [7, 11) is 0. The van der Waals surface area contributed by atoms with Crippen molar-refractivity contribution < 1.29 is 19.4 Å². The highest BCUT2D eigenvalue weighted by Gasteiger charge is 2.16. The summed E-state index contributed by atoms with van der Waals surface area (Å²) >= 11 is 0. The van der Waals surface area contributed by atoms with Crippen LogP contribution in [0.15, 0.2) is 12.7 Å². The van der Waals surface area contributed by atoms with E-state index in [1.54, 1.807) is 0 Å². The van der Waals surface area contributed by atoms with E-state index in [-0.39, 0.29) is 13.1 Å². The second-order valence-electron chi connectivity index (χ2n) is 4.57. The van der Waals surface area contributed by atoms with E-state index in [4.69, 9.17) is 9.84 Å². The topological polar surface area (TPSA) is 78.9 Å². The van der Waals surface area contributed by atoms with Crippen LogP contribution in [0.4, 0.5) is 4.79 Å². The van der Waals surface area contributed by atoms with Gasteiger partial charge in [0.15, 0.2) is 0 Å². The Bertz CT molecular complexity index is 314. The molecule has 108 valence electrons. The van der Waals surface area contributed by atoms with Gasteiger partial charge in [0.05, 0.1) is 12.7 Å².